The molecule has 3 rings (SSSR count). The van der Waals surface area contributed by atoms with Crippen LogP contribution in [0.15, 0.2) is 36.4 Å². The van der Waals surface area contributed by atoms with Crippen LogP contribution in [0.4, 0.5) is 0 Å². The van der Waals surface area contributed by atoms with Gasteiger partial charge < -0.3 is 4.90 Å². The Morgan fingerprint density at radius 3 is 2.70 bits per heavy atom. The van der Waals surface area contributed by atoms with Crippen LogP contribution in [0.2, 0.25) is 0 Å². The minimum Gasteiger partial charge on any atom is -0.334 e. The molecule has 5 heteroatoms. The monoisotopic (exact) mass is 327 g/mol. The van der Waals surface area contributed by atoms with Gasteiger partial charge in [-0.2, -0.15) is 5.10 Å². The molecule has 0 saturated heterocycles. The van der Waals surface area contributed by atoms with Gasteiger partial charge in [-0.15, -0.1) is 11.3 Å². The highest BCUT2D eigenvalue weighted by molar-refractivity contribution is 7.20. The van der Waals surface area contributed by atoms with Crippen molar-refractivity contribution in [2.24, 2.45) is 7.05 Å². The summed E-state index contributed by atoms with van der Waals surface area (Å²) in [5.74, 6) is 0.108. The van der Waals surface area contributed by atoms with Gasteiger partial charge in [-0.25, -0.2) is 0 Å². The largest absolute Gasteiger partial charge is 0.334 e. The van der Waals surface area contributed by atoms with Gasteiger partial charge in [-0.1, -0.05) is 37.3 Å². The number of carbonyl (C=O) groups is 1. The number of thiophene rings is 1. The molecule has 0 bridgehead atoms. The second kappa shape index (κ2) is 6.54. The molecule has 0 radical (unpaired) electrons. The number of fused-ring (bicyclic) bond motifs is 1. The Hall–Kier alpha value is -2.14. The van der Waals surface area contributed by atoms with Crippen LogP contribution in [0.25, 0.3) is 10.2 Å². The van der Waals surface area contributed by atoms with Crippen LogP contribution in [0.1, 0.15) is 34.3 Å². The zero-order chi connectivity index (χ0) is 16.4. The third-order valence-electron chi connectivity index (χ3n) is 3.90. The maximum absolute atomic E-state index is 12.9. The van der Waals surface area contributed by atoms with Gasteiger partial charge in [0.1, 0.15) is 4.83 Å². The van der Waals surface area contributed by atoms with Gasteiger partial charge in [0, 0.05) is 25.5 Å². The van der Waals surface area contributed by atoms with Gasteiger partial charge in [0.25, 0.3) is 5.91 Å². The number of nitrogens with zero attached hydrogens (tertiary/aromatic N) is 3. The van der Waals surface area contributed by atoms with Crippen LogP contribution < -0.4 is 0 Å². The standard InChI is InChI=1S/C18H21N3OS/c1-4-10-21(12-14-8-6-5-7-9-14)17(22)16-11-15-13(2)19-20(3)18(15)23-16/h5-9,11H,4,10,12H2,1-3H3. The Labute approximate surface area is 140 Å². The van der Waals surface area contributed by atoms with E-state index in [1.54, 1.807) is 0 Å². The predicted molar refractivity (Wildman–Crippen MR) is 94.8 cm³/mol. The third-order valence-corrected chi connectivity index (χ3v) is 5.09. The van der Waals surface area contributed by atoms with E-state index in [1.165, 1.54) is 11.3 Å². The quantitative estimate of drug-likeness (QED) is 0.710. The van der Waals surface area contributed by atoms with Crippen LogP contribution in [-0.2, 0) is 13.6 Å². The first-order valence-corrected chi connectivity index (χ1v) is 8.68. The van der Waals surface area contributed by atoms with Crippen LogP contribution in [-0.4, -0.2) is 27.1 Å². The average Bonchev–Trinajstić information content (AvgIpc) is 3.09. The molecule has 0 aliphatic heterocycles. The molecule has 23 heavy (non-hydrogen) atoms. The molecule has 0 fully saturated rings. The number of hydrogen-bond donors (Lipinski definition) is 0. The van der Waals surface area contributed by atoms with Crippen molar-refractivity contribution in [2.75, 3.05) is 6.54 Å². The molecule has 0 saturated carbocycles. The first-order valence-electron chi connectivity index (χ1n) is 7.86. The minimum absolute atomic E-state index is 0.108. The molecule has 0 spiro atoms. The normalized spacial score (nSPS) is 11.1. The second-order valence-corrected chi connectivity index (χ2v) is 6.78. The highest BCUT2D eigenvalue weighted by Crippen LogP contribution is 2.28. The summed E-state index contributed by atoms with van der Waals surface area (Å²) < 4.78 is 1.85. The summed E-state index contributed by atoms with van der Waals surface area (Å²) >= 11 is 1.53. The summed E-state index contributed by atoms with van der Waals surface area (Å²) in [5.41, 5.74) is 2.14. The SMILES string of the molecule is CCCN(Cc1ccccc1)C(=O)c1cc2c(C)nn(C)c2s1. The fourth-order valence-electron chi connectivity index (χ4n) is 2.79. The third kappa shape index (κ3) is 3.15. The molecule has 3 aromatic rings. The molecular weight excluding hydrogens is 306 g/mol. The van der Waals surface area contributed by atoms with Crippen molar-refractivity contribution >= 4 is 27.5 Å². The van der Waals surface area contributed by atoms with Crippen molar-refractivity contribution < 1.29 is 4.79 Å². The molecular formula is C18H21N3OS. The number of aryl methyl sites for hydroxylation is 2. The van der Waals surface area contributed by atoms with E-state index < -0.39 is 0 Å². The smallest absolute Gasteiger partial charge is 0.264 e. The molecule has 0 aliphatic carbocycles. The number of rotatable bonds is 5. The molecule has 0 N–H and O–H groups in total. The molecule has 0 atom stereocenters. The maximum atomic E-state index is 12.9. The Kier molecular flexibility index (Phi) is 4.48. The summed E-state index contributed by atoms with van der Waals surface area (Å²) in [5, 5.41) is 5.48. The zero-order valence-electron chi connectivity index (χ0n) is 13.7. The Balaban J connectivity index is 1.88. The van der Waals surface area contributed by atoms with Gasteiger partial charge in [0.2, 0.25) is 0 Å². The van der Waals surface area contributed by atoms with Crippen molar-refractivity contribution in [3.8, 4) is 0 Å². The van der Waals surface area contributed by atoms with E-state index >= 15 is 0 Å². The summed E-state index contributed by atoms with van der Waals surface area (Å²) in [6, 6.07) is 12.1. The Morgan fingerprint density at radius 1 is 1.30 bits per heavy atom. The molecule has 1 aromatic carbocycles. The number of aromatic nitrogens is 2. The summed E-state index contributed by atoms with van der Waals surface area (Å²) in [6.07, 6.45) is 0.948. The number of carbonyl (C=O) groups excluding carboxylic acids is 1. The highest BCUT2D eigenvalue weighted by atomic mass is 32.1. The molecule has 2 heterocycles. The lowest BCUT2D eigenvalue weighted by Gasteiger charge is -2.21. The fraction of sp³-hybridized carbons (Fsp3) is 0.333. The van der Waals surface area contributed by atoms with Gasteiger partial charge in [-0.05, 0) is 25.0 Å². The molecule has 2 aromatic heterocycles. The van der Waals surface area contributed by atoms with Crippen LogP contribution in [0.3, 0.4) is 0 Å². The van der Waals surface area contributed by atoms with Crippen molar-refractivity contribution in [2.45, 2.75) is 26.8 Å². The van der Waals surface area contributed by atoms with Crippen molar-refractivity contribution in [1.29, 1.82) is 0 Å². The minimum atomic E-state index is 0.108. The topological polar surface area (TPSA) is 38.1 Å². The van der Waals surface area contributed by atoms with E-state index in [9.17, 15) is 4.79 Å². The highest BCUT2D eigenvalue weighted by Gasteiger charge is 2.20. The van der Waals surface area contributed by atoms with E-state index in [2.05, 4.69) is 24.2 Å². The van der Waals surface area contributed by atoms with Crippen molar-refractivity contribution in [3.05, 3.63) is 52.5 Å². The summed E-state index contributed by atoms with van der Waals surface area (Å²) in [4.78, 5) is 16.7. The molecule has 0 aliphatic rings. The number of benzene rings is 1. The van der Waals surface area contributed by atoms with E-state index in [-0.39, 0.29) is 5.91 Å². The van der Waals surface area contributed by atoms with Gasteiger partial charge in [0.05, 0.1) is 10.6 Å². The first-order chi connectivity index (χ1) is 11.1. The van der Waals surface area contributed by atoms with Crippen LogP contribution >= 0.6 is 11.3 Å². The molecule has 120 valence electrons. The van der Waals surface area contributed by atoms with Gasteiger partial charge in [0.15, 0.2) is 0 Å². The molecule has 0 unspecified atom stereocenters. The zero-order valence-corrected chi connectivity index (χ0v) is 14.6. The van der Waals surface area contributed by atoms with Crippen molar-refractivity contribution in [3.63, 3.8) is 0 Å². The summed E-state index contributed by atoms with van der Waals surface area (Å²) in [7, 11) is 1.92. The average molecular weight is 327 g/mol. The lowest BCUT2D eigenvalue weighted by molar-refractivity contribution is 0.0748. The van der Waals surface area contributed by atoms with Crippen LogP contribution in [0.5, 0.6) is 0 Å². The van der Waals surface area contributed by atoms with E-state index in [0.717, 1.165) is 39.3 Å². The number of amides is 1. The summed E-state index contributed by atoms with van der Waals surface area (Å²) in [6.45, 7) is 5.50. The van der Waals surface area contributed by atoms with Crippen LogP contribution in [0, 0.1) is 6.92 Å². The maximum Gasteiger partial charge on any atom is 0.264 e. The van der Waals surface area contributed by atoms with Gasteiger partial charge in [-0.3, -0.25) is 9.48 Å². The number of hydrogen-bond acceptors (Lipinski definition) is 3. The van der Waals surface area contributed by atoms with Crippen molar-refractivity contribution in [1.82, 2.24) is 14.7 Å². The van der Waals surface area contributed by atoms with E-state index in [4.69, 9.17) is 0 Å². The lowest BCUT2D eigenvalue weighted by Crippen LogP contribution is -2.30. The van der Waals surface area contributed by atoms with E-state index in [0.29, 0.717) is 6.54 Å². The molecule has 4 nitrogen and oxygen atoms in total. The van der Waals surface area contributed by atoms with E-state index in [1.807, 2.05) is 47.8 Å². The fourth-order valence-corrected chi connectivity index (χ4v) is 3.88. The van der Waals surface area contributed by atoms with Gasteiger partial charge >= 0.3 is 0 Å². The first kappa shape index (κ1) is 15.7. The predicted octanol–water partition coefficient (Wildman–Crippen LogP) is 4.00. The molecule has 1 amide bonds. The second-order valence-electron chi connectivity index (χ2n) is 5.75. The Bertz CT molecular complexity index is 785. The Morgan fingerprint density at radius 2 is 2.04 bits per heavy atom. The lowest BCUT2D eigenvalue weighted by atomic mass is 10.2.